The Morgan fingerprint density at radius 1 is 1.20 bits per heavy atom. The topological polar surface area (TPSA) is 30.9 Å². The van der Waals surface area contributed by atoms with Crippen molar-refractivity contribution in [3.8, 4) is 0 Å². The minimum absolute atomic E-state index is 0.179. The molecule has 4 heteroatoms. The number of morpholine rings is 1. The number of hydrogen-bond acceptors (Lipinski definition) is 4. The maximum absolute atomic E-state index is 5.69. The number of ether oxygens (including phenoxy) is 3. The Labute approximate surface area is 92.5 Å². The van der Waals surface area contributed by atoms with Gasteiger partial charge >= 0.3 is 0 Å². The maximum Gasteiger partial charge on any atom is 0.0781 e. The highest BCUT2D eigenvalue weighted by Gasteiger charge is 2.17. The lowest BCUT2D eigenvalue weighted by Crippen LogP contribution is -2.44. The fraction of sp³-hybridized carbons (Fsp3) is 1.00. The van der Waals surface area contributed by atoms with Crippen LogP contribution in [0.2, 0.25) is 0 Å². The standard InChI is InChI=1S/C11H23NO3/c1-10(8-15-11(2)9-13-3)12-4-6-14-7-5-12/h10-11H,4-9H2,1-3H3. The van der Waals surface area contributed by atoms with Crippen LogP contribution < -0.4 is 0 Å². The molecule has 90 valence electrons. The molecule has 1 heterocycles. The van der Waals surface area contributed by atoms with E-state index in [0.29, 0.717) is 12.6 Å². The first-order valence-corrected chi connectivity index (χ1v) is 5.66. The van der Waals surface area contributed by atoms with E-state index < -0.39 is 0 Å². The summed E-state index contributed by atoms with van der Waals surface area (Å²) in [5.41, 5.74) is 0. The summed E-state index contributed by atoms with van der Waals surface area (Å²) < 4.78 is 16.0. The second kappa shape index (κ2) is 7.17. The van der Waals surface area contributed by atoms with E-state index in [2.05, 4.69) is 11.8 Å². The summed E-state index contributed by atoms with van der Waals surface area (Å²) in [5, 5.41) is 0. The van der Waals surface area contributed by atoms with Crippen LogP contribution in [-0.2, 0) is 14.2 Å². The van der Waals surface area contributed by atoms with E-state index >= 15 is 0 Å². The molecular formula is C11H23NO3. The zero-order valence-corrected chi connectivity index (χ0v) is 10.1. The molecule has 1 aliphatic heterocycles. The van der Waals surface area contributed by atoms with E-state index in [-0.39, 0.29) is 6.10 Å². The summed E-state index contributed by atoms with van der Waals surface area (Å²) in [6, 6.07) is 0.466. The molecule has 0 saturated carbocycles. The van der Waals surface area contributed by atoms with Crippen molar-refractivity contribution in [2.75, 3.05) is 46.6 Å². The van der Waals surface area contributed by atoms with Crippen LogP contribution in [0, 0.1) is 0 Å². The Morgan fingerprint density at radius 2 is 1.87 bits per heavy atom. The van der Waals surface area contributed by atoms with Crippen molar-refractivity contribution in [3.63, 3.8) is 0 Å². The maximum atomic E-state index is 5.69. The van der Waals surface area contributed by atoms with E-state index in [4.69, 9.17) is 14.2 Å². The smallest absolute Gasteiger partial charge is 0.0781 e. The molecule has 0 aromatic rings. The molecule has 0 radical (unpaired) electrons. The van der Waals surface area contributed by atoms with Crippen molar-refractivity contribution in [1.82, 2.24) is 4.90 Å². The van der Waals surface area contributed by atoms with Crippen LogP contribution in [-0.4, -0.2) is 63.7 Å². The van der Waals surface area contributed by atoms with Gasteiger partial charge in [-0.1, -0.05) is 0 Å². The molecular weight excluding hydrogens is 194 g/mol. The summed E-state index contributed by atoms with van der Waals surface area (Å²) in [4.78, 5) is 2.41. The van der Waals surface area contributed by atoms with E-state index in [1.165, 1.54) is 0 Å². The molecule has 15 heavy (non-hydrogen) atoms. The first-order chi connectivity index (χ1) is 7.24. The number of hydrogen-bond donors (Lipinski definition) is 0. The fourth-order valence-corrected chi connectivity index (χ4v) is 1.71. The summed E-state index contributed by atoms with van der Waals surface area (Å²) in [7, 11) is 1.70. The highest BCUT2D eigenvalue weighted by Crippen LogP contribution is 2.05. The second-order valence-corrected chi connectivity index (χ2v) is 4.10. The molecule has 0 bridgehead atoms. The quantitative estimate of drug-likeness (QED) is 0.657. The zero-order valence-electron chi connectivity index (χ0n) is 10.1. The second-order valence-electron chi connectivity index (χ2n) is 4.10. The molecule has 1 aliphatic rings. The molecule has 1 saturated heterocycles. The Hall–Kier alpha value is -0.160. The van der Waals surface area contributed by atoms with Crippen LogP contribution in [0.3, 0.4) is 0 Å². The van der Waals surface area contributed by atoms with Gasteiger partial charge in [-0.3, -0.25) is 4.90 Å². The highest BCUT2D eigenvalue weighted by atomic mass is 16.5. The number of methoxy groups -OCH3 is 1. The Bertz CT molecular complexity index is 160. The summed E-state index contributed by atoms with van der Waals surface area (Å²) in [6.45, 7) is 9.39. The van der Waals surface area contributed by atoms with E-state index in [1.54, 1.807) is 7.11 Å². The fourth-order valence-electron chi connectivity index (χ4n) is 1.71. The van der Waals surface area contributed by atoms with E-state index in [9.17, 15) is 0 Å². The van der Waals surface area contributed by atoms with Crippen molar-refractivity contribution in [2.45, 2.75) is 26.0 Å². The van der Waals surface area contributed by atoms with Gasteiger partial charge in [-0.05, 0) is 13.8 Å². The third-order valence-electron chi connectivity index (χ3n) is 2.69. The normalized spacial score (nSPS) is 22.6. The van der Waals surface area contributed by atoms with Crippen LogP contribution >= 0.6 is 0 Å². The van der Waals surface area contributed by atoms with Crippen molar-refractivity contribution >= 4 is 0 Å². The van der Waals surface area contributed by atoms with Crippen LogP contribution in [0.5, 0.6) is 0 Å². The van der Waals surface area contributed by atoms with Crippen LogP contribution in [0.15, 0.2) is 0 Å². The molecule has 4 nitrogen and oxygen atoms in total. The first-order valence-electron chi connectivity index (χ1n) is 5.66. The summed E-state index contributed by atoms with van der Waals surface area (Å²) in [6.07, 6.45) is 0.179. The van der Waals surface area contributed by atoms with E-state index in [0.717, 1.165) is 32.9 Å². The SMILES string of the molecule is COCC(C)OCC(C)N1CCOCC1. The predicted molar refractivity (Wildman–Crippen MR) is 59.1 cm³/mol. The van der Waals surface area contributed by atoms with Gasteiger partial charge < -0.3 is 14.2 Å². The molecule has 0 spiro atoms. The lowest BCUT2D eigenvalue weighted by atomic mass is 10.2. The zero-order chi connectivity index (χ0) is 11.1. The first kappa shape index (κ1) is 12.9. The summed E-state index contributed by atoms with van der Waals surface area (Å²) in [5.74, 6) is 0. The molecule has 0 amide bonds. The molecule has 0 N–H and O–H groups in total. The molecule has 2 unspecified atom stereocenters. The molecule has 0 aromatic carbocycles. The molecule has 1 rings (SSSR count). The molecule has 0 aliphatic carbocycles. The van der Waals surface area contributed by atoms with Crippen molar-refractivity contribution in [2.24, 2.45) is 0 Å². The average molecular weight is 217 g/mol. The van der Waals surface area contributed by atoms with Gasteiger partial charge in [-0.2, -0.15) is 0 Å². The van der Waals surface area contributed by atoms with Gasteiger partial charge in [0.2, 0.25) is 0 Å². The van der Waals surface area contributed by atoms with Crippen molar-refractivity contribution in [1.29, 1.82) is 0 Å². The average Bonchev–Trinajstić information content (AvgIpc) is 2.27. The van der Waals surface area contributed by atoms with Gasteiger partial charge in [0.15, 0.2) is 0 Å². The third-order valence-corrected chi connectivity index (χ3v) is 2.69. The monoisotopic (exact) mass is 217 g/mol. The van der Waals surface area contributed by atoms with Gasteiger partial charge in [-0.25, -0.2) is 0 Å². The number of rotatable bonds is 6. The molecule has 1 fully saturated rings. The largest absolute Gasteiger partial charge is 0.382 e. The Balaban J connectivity index is 2.13. The van der Waals surface area contributed by atoms with Crippen molar-refractivity contribution < 1.29 is 14.2 Å². The predicted octanol–water partition coefficient (Wildman–Crippen LogP) is 0.759. The van der Waals surface area contributed by atoms with E-state index in [1.807, 2.05) is 6.92 Å². The van der Waals surface area contributed by atoms with Crippen LogP contribution in [0.25, 0.3) is 0 Å². The lowest BCUT2D eigenvalue weighted by molar-refractivity contribution is -0.0379. The number of nitrogens with zero attached hydrogens (tertiary/aromatic N) is 1. The van der Waals surface area contributed by atoms with Gasteiger partial charge in [-0.15, -0.1) is 0 Å². The van der Waals surface area contributed by atoms with Crippen molar-refractivity contribution in [3.05, 3.63) is 0 Å². The van der Waals surface area contributed by atoms with Gasteiger partial charge in [0, 0.05) is 26.2 Å². The minimum atomic E-state index is 0.179. The Kier molecular flexibility index (Phi) is 6.17. The molecule has 0 aromatic heterocycles. The van der Waals surface area contributed by atoms with Crippen LogP contribution in [0.4, 0.5) is 0 Å². The minimum Gasteiger partial charge on any atom is -0.382 e. The van der Waals surface area contributed by atoms with Crippen LogP contribution in [0.1, 0.15) is 13.8 Å². The van der Waals surface area contributed by atoms with Gasteiger partial charge in [0.25, 0.3) is 0 Å². The van der Waals surface area contributed by atoms with Gasteiger partial charge in [0.05, 0.1) is 32.5 Å². The highest BCUT2D eigenvalue weighted by molar-refractivity contribution is 4.69. The Morgan fingerprint density at radius 3 is 2.47 bits per heavy atom. The lowest BCUT2D eigenvalue weighted by Gasteiger charge is -2.32. The molecule has 2 atom stereocenters. The van der Waals surface area contributed by atoms with Gasteiger partial charge in [0.1, 0.15) is 0 Å². The third kappa shape index (κ3) is 4.93. The summed E-state index contributed by atoms with van der Waals surface area (Å²) >= 11 is 0.